The fraction of sp³-hybridized carbons (Fsp3) is 0.391. The zero-order valence-corrected chi connectivity index (χ0v) is 17.4. The Morgan fingerprint density at radius 1 is 1.21 bits per heavy atom. The number of ether oxygens (including phenoxy) is 2. The molecule has 2 aromatic carbocycles. The average Bonchev–Trinajstić information content (AvgIpc) is 2.93. The van der Waals surface area contributed by atoms with Crippen LogP contribution in [0, 0.1) is 0 Å². The number of hydrogen-bond acceptors (Lipinski definition) is 5. The van der Waals surface area contributed by atoms with E-state index in [1.54, 1.807) is 25.3 Å². The van der Waals surface area contributed by atoms with Crippen LogP contribution in [0.15, 0.2) is 29.3 Å². The van der Waals surface area contributed by atoms with Crippen molar-refractivity contribution in [3.63, 3.8) is 0 Å². The van der Waals surface area contributed by atoms with Gasteiger partial charge in [0.2, 0.25) is 0 Å². The Kier molecular flexibility index (Phi) is 4.15. The highest BCUT2D eigenvalue weighted by Gasteiger charge is 2.39. The molecule has 0 fully saturated rings. The van der Waals surface area contributed by atoms with Gasteiger partial charge in [-0.1, -0.05) is 6.07 Å². The standard InChI is InChI=1S/C23H26N2O4/c1-22(2)10-13-9-17(28-5)20-15(11-23(3,4)29-20)18(13)19(25-22)12-6-7-14(21(26)27)16(24)8-12/h6-9H,10-11,24H2,1-5H3,(H,26,27). The monoisotopic (exact) mass is 394 g/mol. The number of nitrogen functional groups attached to an aromatic ring is 1. The average molecular weight is 394 g/mol. The van der Waals surface area contributed by atoms with Crippen LogP contribution in [0.2, 0.25) is 0 Å². The lowest BCUT2D eigenvalue weighted by molar-refractivity contribution is 0.0698. The number of carboxylic acid groups (broad SMARTS) is 1. The van der Waals surface area contributed by atoms with Gasteiger partial charge < -0.3 is 20.3 Å². The van der Waals surface area contributed by atoms with Crippen LogP contribution in [0.5, 0.6) is 11.5 Å². The molecule has 2 aliphatic heterocycles. The van der Waals surface area contributed by atoms with Gasteiger partial charge in [0.05, 0.1) is 23.9 Å². The van der Waals surface area contributed by atoms with E-state index < -0.39 is 5.97 Å². The molecule has 6 nitrogen and oxygen atoms in total. The SMILES string of the molecule is COc1cc2c(c3c1OC(C)(C)C3)C(c1ccc(C(=O)O)c(N)c1)=NC(C)(C)C2. The Balaban J connectivity index is 1.96. The Bertz CT molecular complexity index is 1070. The van der Waals surface area contributed by atoms with Crippen LogP contribution in [0.25, 0.3) is 0 Å². The van der Waals surface area contributed by atoms with Crippen LogP contribution in [0.3, 0.4) is 0 Å². The summed E-state index contributed by atoms with van der Waals surface area (Å²) in [5.41, 5.74) is 10.6. The van der Waals surface area contributed by atoms with E-state index in [0.717, 1.165) is 52.3 Å². The highest BCUT2D eigenvalue weighted by molar-refractivity contribution is 6.17. The number of aliphatic imine (C=N–C) groups is 1. The van der Waals surface area contributed by atoms with E-state index in [9.17, 15) is 9.90 Å². The first-order valence-corrected chi connectivity index (χ1v) is 9.66. The minimum atomic E-state index is -1.04. The summed E-state index contributed by atoms with van der Waals surface area (Å²) in [5, 5.41) is 9.31. The van der Waals surface area contributed by atoms with Crippen LogP contribution in [0.4, 0.5) is 5.69 Å². The van der Waals surface area contributed by atoms with E-state index in [-0.39, 0.29) is 22.4 Å². The van der Waals surface area contributed by atoms with Gasteiger partial charge >= 0.3 is 5.97 Å². The predicted molar refractivity (Wildman–Crippen MR) is 113 cm³/mol. The first-order valence-electron chi connectivity index (χ1n) is 9.66. The van der Waals surface area contributed by atoms with Crippen LogP contribution in [-0.4, -0.2) is 35.0 Å². The van der Waals surface area contributed by atoms with Crippen LogP contribution in [-0.2, 0) is 12.8 Å². The van der Waals surface area contributed by atoms with Gasteiger partial charge in [-0.05, 0) is 57.9 Å². The molecule has 2 aliphatic rings. The molecule has 0 atom stereocenters. The predicted octanol–water partition coefficient (Wildman–Crippen LogP) is 3.86. The molecule has 0 aliphatic carbocycles. The normalized spacial score (nSPS) is 18.3. The van der Waals surface area contributed by atoms with Crippen LogP contribution < -0.4 is 15.2 Å². The number of fused-ring (bicyclic) bond motifs is 3. The molecule has 0 aromatic heterocycles. The smallest absolute Gasteiger partial charge is 0.337 e. The maximum atomic E-state index is 11.4. The fourth-order valence-corrected chi connectivity index (χ4v) is 4.33. The maximum absolute atomic E-state index is 11.4. The second-order valence-corrected chi connectivity index (χ2v) is 9.02. The Hall–Kier alpha value is -3.02. The summed E-state index contributed by atoms with van der Waals surface area (Å²) in [6.45, 7) is 8.29. The molecular formula is C23H26N2O4. The van der Waals surface area contributed by atoms with Gasteiger partial charge in [0.25, 0.3) is 0 Å². The molecule has 2 aromatic rings. The molecule has 0 saturated carbocycles. The Morgan fingerprint density at radius 3 is 2.55 bits per heavy atom. The number of benzene rings is 2. The van der Waals surface area contributed by atoms with Gasteiger partial charge in [-0.2, -0.15) is 0 Å². The third-order valence-electron chi connectivity index (χ3n) is 5.46. The topological polar surface area (TPSA) is 94.1 Å². The second kappa shape index (κ2) is 6.24. The van der Waals surface area contributed by atoms with Crippen molar-refractivity contribution in [3.05, 3.63) is 52.1 Å². The number of methoxy groups -OCH3 is 1. The summed E-state index contributed by atoms with van der Waals surface area (Å²) >= 11 is 0. The molecule has 0 unspecified atom stereocenters. The van der Waals surface area contributed by atoms with Crippen molar-refractivity contribution in [2.24, 2.45) is 4.99 Å². The number of nitrogens with two attached hydrogens (primary N) is 1. The summed E-state index contributed by atoms with van der Waals surface area (Å²) in [7, 11) is 1.66. The molecule has 0 amide bonds. The number of anilines is 1. The molecule has 4 rings (SSSR count). The van der Waals surface area contributed by atoms with Crippen molar-refractivity contribution >= 4 is 17.4 Å². The van der Waals surface area contributed by atoms with Gasteiger partial charge in [0.1, 0.15) is 5.60 Å². The molecule has 6 heteroatoms. The summed E-state index contributed by atoms with van der Waals surface area (Å²) in [4.78, 5) is 16.4. The van der Waals surface area contributed by atoms with Gasteiger partial charge in [-0.15, -0.1) is 0 Å². The van der Waals surface area contributed by atoms with Crippen LogP contribution >= 0.6 is 0 Å². The quantitative estimate of drug-likeness (QED) is 0.771. The number of carboxylic acids is 1. The van der Waals surface area contributed by atoms with Gasteiger partial charge in [0, 0.05) is 28.8 Å². The van der Waals surface area contributed by atoms with E-state index in [2.05, 4.69) is 27.7 Å². The zero-order valence-electron chi connectivity index (χ0n) is 17.4. The van der Waals surface area contributed by atoms with E-state index in [1.807, 2.05) is 6.07 Å². The molecule has 0 saturated heterocycles. The third kappa shape index (κ3) is 3.22. The first kappa shape index (κ1) is 19.3. The molecule has 29 heavy (non-hydrogen) atoms. The Labute approximate surface area is 170 Å². The molecule has 0 bridgehead atoms. The Morgan fingerprint density at radius 2 is 1.93 bits per heavy atom. The number of rotatable bonds is 3. The lowest BCUT2D eigenvalue weighted by atomic mass is 9.80. The molecule has 2 heterocycles. The summed E-state index contributed by atoms with van der Waals surface area (Å²) < 4.78 is 11.8. The lowest BCUT2D eigenvalue weighted by Crippen LogP contribution is -2.30. The van der Waals surface area contributed by atoms with Crippen molar-refractivity contribution in [1.82, 2.24) is 0 Å². The number of hydrogen-bond donors (Lipinski definition) is 2. The minimum Gasteiger partial charge on any atom is -0.493 e. The zero-order chi connectivity index (χ0) is 21.1. The lowest BCUT2D eigenvalue weighted by Gasteiger charge is -2.31. The fourth-order valence-electron chi connectivity index (χ4n) is 4.33. The second-order valence-electron chi connectivity index (χ2n) is 9.02. The third-order valence-corrected chi connectivity index (χ3v) is 5.46. The first-order chi connectivity index (χ1) is 13.5. The van der Waals surface area contributed by atoms with Crippen LogP contribution in [0.1, 0.15) is 60.3 Å². The van der Waals surface area contributed by atoms with Crippen molar-refractivity contribution < 1.29 is 19.4 Å². The summed E-state index contributed by atoms with van der Waals surface area (Å²) in [6.07, 6.45) is 1.52. The largest absolute Gasteiger partial charge is 0.493 e. The van der Waals surface area contributed by atoms with E-state index >= 15 is 0 Å². The summed E-state index contributed by atoms with van der Waals surface area (Å²) in [5.74, 6) is 0.460. The van der Waals surface area contributed by atoms with Gasteiger partial charge in [0.15, 0.2) is 11.5 Å². The molecule has 3 N–H and O–H groups in total. The summed E-state index contributed by atoms with van der Waals surface area (Å²) in [6, 6.07) is 7.06. The molecule has 0 spiro atoms. The molecule has 0 radical (unpaired) electrons. The highest BCUT2D eigenvalue weighted by Crippen LogP contribution is 2.47. The minimum absolute atomic E-state index is 0.0917. The highest BCUT2D eigenvalue weighted by atomic mass is 16.5. The number of carbonyl (C=O) groups is 1. The van der Waals surface area contributed by atoms with E-state index in [4.69, 9.17) is 20.2 Å². The number of aromatic carboxylic acids is 1. The van der Waals surface area contributed by atoms with E-state index in [0.29, 0.717) is 0 Å². The molecular weight excluding hydrogens is 368 g/mol. The van der Waals surface area contributed by atoms with Crippen molar-refractivity contribution in [2.45, 2.75) is 51.7 Å². The van der Waals surface area contributed by atoms with Gasteiger partial charge in [-0.25, -0.2) is 4.79 Å². The van der Waals surface area contributed by atoms with Crippen molar-refractivity contribution in [3.8, 4) is 11.5 Å². The van der Waals surface area contributed by atoms with E-state index in [1.165, 1.54) is 0 Å². The molecule has 152 valence electrons. The van der Waals surface area contributed by atoms with Crippen molar-refractivity contribution in [1.29, 1.82) is 0 Å². The van der Waals surface area contributed by atoms with Gasteiger partial charge in [-0.3, -0.25) is 4.99 Å². The number of nitrogens with zero attached hydrogens (tertiary/aromatic N) is 1. The maximum Gasteiger partial charge on any atom is 0.337 e. The van der Waals surface area contributed by atoms with Crippen molar-refractivity contribution in [2.75, 3.05) is 12.8 Å².